The lowest BCUT2D eigenvalue weighted by Gasteiger charge is -2.43. The first-order valence-electron chi connectivity index (χ1n) is 8.23. The Balaban J connectivity index is 2.88. The van der Waals surface area contributed by atoms with Gasteiger partial charge in [0.05, 0.1) is 17.4 Å². The standard InChI is InChI=1S/C18H31N3O2/c1-7-10-16(15(19)9-3)20-11-12-21(14(8-2)13-20)17(22)23-18(4,5)6/h7,9-10,14H,1,8,11-13,19H2,2-6H3/b15-9+,16-10+/t14-/m1/s1. The number of nitrogens with two attached hydrogens (primary N) is 1. The first-order chi connectivity index (χ1) is 10.7. The molecule has 130 valence electrons. The summed E-state index contributed by atoms with van der Waals surface area (Å²) in [5.41, 5.74) is 7.31. The van der Waals surface area contributed by atoms with Gasteiger partial charge in [0, 0.05) is 19.6 Å². The van der Waals surface area contributed by atoms with Gasteiger partial charge in [-0.25, -0.2) is 4.79 Å². The molecule has 0 radical (unpaired) electrons. The molecule has 5 nitrogen and oxygen atoms in total. The van der Waals surface area contributed by atoms with Crippen molar-refractivity contribution in [3.8, 4) is 0 Å². The van der Waals surface area contributed by atoms with E-state index in [0.29, 0.717) is 6.54 Å². The molecule has 0 spiro atoms. The van der Waals surface area contributed by atoms with Crippen molar-refractivity contribution in [2.45, 2.75) is 52.7 Å². The first-order valence-corrected chi connectivity index (χ1v) is 8.23. The van der Waals surface area contributed by atoms with E-state index in [4.69, 9.17) is 10.5 Å². The molecule has 0 aromatic heterocycles. The van der Waals surface area contributed by atoms with E-state index in [-0.39, 0.29) is 12.1 Å². The number of rotatable bonds is 4. The van der Waals surface area contributed by atoms with Crippen molar-refractivity contribution in [1.29, 1.82) is 0 Å². The van der Waals surface area contributed by atoms with Crippen LogP contribution in [0, 0.1) is 0 Å². The zero-order chi connectivity index (χ0) is 17.6. The van der Waals surface area contributed by atoms with Crippen LogP contribution in [0.2, 0.25) is 0 Å². The minimum Gasteiger partial charge on any atom is -0.444 e. The Morgan fingerprint density at radius 1 is 1.39 bits per heavy atom. The molecule has 1 amide bonds. The van der Waals surface area contributed by atoms with E-state index in [0.717, 1.165) is 30.9 Å². The van der Waals surface area contributed by atoms with Crippen LogP contribution in [0.5, 0.6) is 0 Å². The topological polar surface area (TPSA) is 58.8 Å². The smallest absolute Gasteiger partial charge is 0.410 e. The number of hydrogen-bond donors (Lipinski definition) is 1. The van der Waals surface area contributed by atoms with E-state index in [9.17, 15) is 4.79 Å². The molecule has 1 saturated heterocycles. The van der Waals surface area contributed by atoms with Gasteiger partial charge in [0.2, 0.25) is 0 Å². The average Bonchev–Trinajstić information content (AvgIpc) is 2.49. The molecular formula is C18H31N3O2. The maximum absolute atomic E-state index is 12.4. The molecule has 0 bridgehead atoms. The van der Waals surface area contributed by atoms with Gasteiger partial charge in [0.25, 0.3) is 0 Å². The number of piperazine rings is 1. The lowest BCUT2D eigenvalue weighted by molar-refractivity contribution is 0.00200. The highest BCUT2D eigenvalue weighted by molar-refractivity contribution is 5.68. The first kappa shape index (κ1) is 19.1. The molecule has 23 heavy (non-hydrogen) atoms. The number of nitrogens with zero attached hydrogens (tertiary/aromatic N) is 2. The van der Waals surface area contributed by atoms with E-state index in [2.05, 4.69) is 18.4 Å². The summed E-state index contributed by atoms with van der Waals surface area (Å²) >= 11 is 0. The second-order valence-corrected chi connectivity index (χ2v) is 6.71. The SMILES string of the molecule is C=C/C=C(\C(N)=C/C)N1CCN(C(=O)OC(C)(C)C)[C@H](CC)C1. The summed E-state index contributed by atoms with van der Waals surface area (Å²) in [5, 5.41) is 0. The van der Waals surface area contributed by atoms with E-state index < -0.39 is 5.60 Å². The third-order valence-corrected chi connectivity index (χ3v) is 3.81. The quantitative estimate of drug-likeness (QED) is 0.808. The highest BCUT2D eigenvalue weighted by Crippen LogP contribution is 2.22. The van der Waals surface area contributed by atoms with Crippen LogP contribution in [-0.2, 0) is 4.74 Å². The fraction of sp³-hybridized carbons (Fsp3) is 0.611. The predicted molar refractivity (Wildman–Crippen MR) is 94.8 cm³/mol. The molecule has 1 aliphatic rings. The highest BCUT2D eigenvalue weighted by atomic mass is 16.6. The predicted octanol–water partition coefficient (Wildman–Crippen LogP) is 3.25. The minimum absolute atomic E-state index is 0.108. The van der Waals surface area contributed by atoms with Crippen molar-refractivity contribution >= 4 is 6.09 Å². The van der Waals surface area contributed by atoms with Gasteiger partial charge in [-0.15, -0.1) is 0 Å². The van der Waals surface area contributed by atoms with Gasteiger partial charge in [0.1, 0.15) is 5.60 Å². The van der Waals surface area contributed by atoms with E-state index in [1.165, 1.54) is 0 Å². The molecule has 1 atom stereocenters. The Morgan fingerprint density at radius 3 is 2.52 bits per heavy atom. The molecule has 0 aliphatic carbocycles. The second kappa shape index (κ2) is 8.09. The monoisotopic (exact) mass is 321 g/mol. The summed E-state index contributed by atoms with van der Waals surface area (Å²) in [6.07, 6.45) is 6.18. The molecule has 0 aromatic rings. The van der Waals surface area contributed by atoms with Crippen LogP contribution < -0.4 is 5.73 Å². The lowest BCUT2D eigenvalue weighted by Crippen LogP contribution is -2.55. The molecule has 0 aromatic carbocycles. The Bertz CT molecular complexity index is 489. The van der Waals surface area contributed by atoms with Crippen molar-refractivity contribution in [3.05, 3.63) is 36.2 Å². The van der Waals surface area contributed by atoms with Crippen molar-refractivity contribution in [3.63, 3.8) is 0 Å². The molecule has 5 heteroatoms. The lowest BCUT2D eigenvalue weighted by atomic mass is 10.1. The van der Waals surface area contributed by atoms with E-state index >= 15 is 0 Å². The zero-order valence-corrected chi connectivity index (χ0v) is 15.1. The Hall–Kier alpha value is -1.91. The van der Waals surface area contributed by atoms with Crippen LogP contribution in [-0.4, -0.2) is 47.2 Å². The van der Waals surface area contributed by atoms with Crippen molar-refractivity contribution in [1.82, 2.24) is 9.80 Å². The molecule has 1 heterocycles. The van der Waals surface area contributed by atoms with Gasteiger partial charge < -0.3 is 20.3 Å². The third-order valence-electron chi connectivity index (χ3n) is 3.81. The fourth-order valence-corrected chi connectivity index (χ4v) is 2.63. The van der Waals surface area contributed by atoms with Gasteiger partial charge >= 0.3 is 6.09 Å². The second-order valence-electron chi connectivity index (χ2n) is 6.71. The summed E-state index contributed by atoms with van der Waals surface area (Å²) in [4.78, 5) is 16.4. The number of carbonyl (C=O) groups is 1. The number of carbonyl (C=O) groups excluding carboxylic acids is 1. The number of amides is 1. The van der Waals surface area contributed by atoms with Crippen molar-refractivity contribution in [2.24, 2.45) is 5.73 Å². The van der Waals surface area contributed by atoms with Crippen molar-refractivity contribution < 1.29 is 9.53 Å². The van der Waals surface area contributed by atoms with Gasteiger partial charge in [-0.2, -0.15) is 0 Å². The van der Waals surface area contributed by atoms with E-state index in [1.807, 2.05) is 44.7 Å². The Kier molecular flexibility index (Phi) is 6.73. The van der Waals surface area contributed by atoms with Crippen LogP contribution in [0.4, 0.5) is 4.79 Å². The number of ether oxygens (including phenoxy) is 1. The average molecular weight is 321 g/mol. The summed E-state index contributed by atoms with van der Waals surface area (Å²) in [5.74, 6) is 0. The summed E-state index contributed by atoms with van der Waals surface area (Å²) in [6.45, 7) is 15.5. The summed E-state index contributed by atoms with van der Waals surface area (Å²) in [7, 11) is 0. The summed E-state index contributed by atoms with van der Waals surface area (Å²) < 4.78 is 5.52. The molecule has 1 aliphatic heterocycles. The van der Waals surface area contributed by atoms with Crippen LogP contribution in [0.25, 0.3) is 0 Å². The molecule has 2 N–H and O–H groups in total. The largest absolute Gasteiger partial charge is 0.444 e. The summed E-state index contributed by atoms with van der Waals surface area (Å²) in [6, 6.07) is 0.108. The molecule has 0 unspecified atom stereocenters. The van der Waals surface area contributed by atoms with Crippen molar-refractivity contribution in [2.75, 3.05) is 19.6 Å². The number of allylic oxidation sites excluding steroid dienone is 3. The fourth-order valence-electron chi connectivity index (χ4n) is 2.63. The number of hydrogen-bond acceptors (Lipinski definition) is 4. The van der Waals surface area contributed by atoms with Crippen LogP contribution >= 0.6 is 0 Å². The van der Waals surface area contributed by atoms with Gasteiger partial charge in [-0.3, -0.25) is 0 Å². The highest BCUT2D eigenvalue weighted by Gasteiger charge is 2.33. The minimum atomic E-state index is -0.476. The maximum Gasteiger partial charge on any atom is 0.410 e. The van der Waals surface area contributed by atoms with Gasteiger partial charge in [-0.05, 0) is 40.2 Å². The Morgan fingerprint density at radius 2 is 2.04 bits per heavy atom. The van der Waals surface area contributed by atoms with E-state index in [1.54, 1.807) is 6.08 Å². The Labute approximate surface area is 140 Å². The molecule has 0 saturated carbocycles. The van der Waals surface area contributed by atoms with Gasteiger partial charge in [-0.1, -0.05) is 25.7 Å². The third kappa shape index (κ3) is 5.34. The molecular weight excluding hydrogens is 290 g/mol. The van der Waals surface area contributed by atoms with Gasteiger partial charge in [0.15, 0.2) is 0 Å². The van der Waals surface area contributed by atoms with Crippen LogP contribution in [0.1, 0.15) is 41.0 Å². The maximum atomic E-state index is 12.4. The molecule has 1 rings (SSSR count). The zero-order valence-electron chi connectivity index (χ0n) is 15.1. The normalized spacial score (nSPS) is 20.5. The van der Waals surface area contributed by atoms with Crippen LogP contribution in [0.3, 0.4) is 0 Å². The molecule has 1 fully saturated rings. The van der Waals surface area contributed by atoms with Crippen LogP contribution in [0.15, 0.2) is 36.2 Å².